The zero-order valence-electron chi connectivity index (χ0n) is 15.8. The van der Waals surface area contributed by atoms with Gasteiger partial charge in [0.2, 0.25) is 0 Å². The number of hydrogen-bond acceptors (Lipinski definition) is 4. The lowest BCUT2D eigenvalue weighted by molar-refractivity contribution is 0.250. The van der Waals surface area contributed by atoms with Gasteiger partial charge in [-0.3, -0.25) is 9.80 Å². The summed E-state index contributed by atoms with van der Waals surface area (Å²) in [5.41, 5.74) is 2.34. The van der Waals surface area contributed by atoms with Crippen LogP contribution >= 0.6 is 0 Å². The number of rotatable bonds is 3. The van der Waals surface area contributed by atoms with Gasteiger partial charge < -0.3 is 14.5 Å². The maximum Gasteiger partial charge on any atom is 0.329 e. The first-order valence-corrected chi connectivity index (χ1v) is 8.49. The van der Waals surface area contributed by atoms with Crippen LogP contribution in [0.15, 0.2) is 18.3 Å². The molecule has 1 aliphatic rings. The average Bonchev–Trinajstić information content (AvgIpc) is 3.05. The van der Waals surface area contributed by atoms with E-state index in [0.29, 0.717) is 16.9 Å². The summed E-state index contributed by atoms with van der Waals surface area (Å²) in [4.78, 5) is 22.9. The zero-order valence-corrected chi connectivity index (χ0v) is 15.8. The number of aromatic nitrogens is 2. The minimum absolute atomic E-state index is 0.0458. The molecule has 4 rings (SSSR count). The Kier molecular flexibility index (Phi) is 4.10. The summed E-state index contributed by atoms with van der Waals surface area (Å²) >= 11 is 0. The second-order valence-electron chi connectivity index (χ2n) is 6.53. The number of carbonyl (C=O) groups is 1. The second kappa shape index (κ2) is 6.36. The molecule has 1 N–H and O–H groups in total. The SMILES string of the molecule is COc1cc(OC)c(F)c(N2Cc3cnc4[nH]c(C)cc4c3N(C)C2=O)c1F. The van der Waals surface area contributed by atoms with Crippen molar-refractivity contribution in [3.8, 4) is 11.5 Å². The highest BCUT2D eigenvalue weighted by Crippen LogP contribution is 2.41. The quantitative estimate of drug-likeness (QED) is 0.742. The number of amides is 2. The highest BCUT2D eigenvalue weighted by atomic mass is 19.1. The Morgan fingerprint density at radius 1 is 1.11 bits per heavy atom. The molecule has 3 aromatic rings. The number of ether oxygens (including phenoxy) is 2. The van der Waals surface area contributed by atoms with Crippen molar-refractivity contribution in [3.05, 3.63) is 41.2 Å². The normalized spacial score (nSPS) is 13.9. The van der Waals surface area contributed by atoms with Crippen LogP contribution in [0.2, 0.25) is 0 Å². The fourth-order valence-electron chi connectivity index (χ4n) is 3.54. The van der Waals surface area contributed by atoms with Crippen LogP contribution < -0.4 is 19.3 Å². The lowest BCUT2D eigenvalue weighted by Gasteiger charge is -2.35. The van der Waals surface area contributed by atoms with E-state index in [-0.39, 0.29) is 18.0 Å². The summed E-state index contributed by atoms with van der Waals surface area (Å²) in [5.74, 6) is -2.39. The lowest BCUT2D eigenvalue weighted by atomic mass is 10.1. The van der Waals surface area contributed by atoms with Crippen molar-refractivity contribution in [1.82, 2.24) is 9.97 Å². The molecule has 2 amide bonds. The van der Waals surface area contributed by atoms with Crippen LogP contribution in [0.1, 0.15) is 11.3 Å². The topological polar surface area (TPSA) is 70.7 Å². The van der Waals surface area contributed by atoms with E-state index < -0.39 is 23.4 Å². The number of carbonyl (C=O) groups excluding carboxylic acids is 1. The number of anilines is 2. The molecule has 0 saturated carbocycles. The van der Waals surface area contributed by atoms with Crippen molar-refractivity contribution in [3.63, 3.8) is 0 Å². The third-order valence-corrected chi connectivity index (χ3v) is 4.84. The first-order chi connectivity index (χ1) is 13.4. The number of pyridine rings is 1. The number of H-pyrrole nitrogens is 1. The molecule has 7 nitrogen and oxygen atoms in total. The van der Waals surface area contributed by atoms with Gasteiger partial charge in [-0.05, 0) is 13.0 Å². The van der Waals surface area contributed by atoms with Gasteiger partial charge in [-0.25, -0.2) is 18.6 Å². The number of aromatic amines is 1. The van der Waals surface area contributed by atoms with Crippen molar-refractivity contribution >= 4 is 28.4 Å². The molecule has 1 aromatic carbocycles. The summed E-state index contributed by atoms with van der Waals surface area (Å²) in [6.45, 7) is 1.84. The molecule has 0 saturated heterocycles. The Balaban J connectivity index is 1.90. The van der Waals surface area contributed by atoms with Gasteiger partial charge in [0.15, 0.2) is 23.1 Å². The Bertz CT molecular complexity index is 1080. The van der Waals surface area contributed by atoms with Crippen molar-refractivity contribution in [2.45, 2.75) is 13.5 Å². The summed E-state index contributed by atoms with van der Waals surface area (Å²) in [6, 6.07) is 2.41. The number of fused-ring (bicyclic) bond motifs is 3. The molecule has 0 spiro atoms. The summed E-state index contributed by atoms with van der Waals surface area (Å²) in [5, 5.41) is 0.773. The lowest BCUT2D eigenvalue weighted by Crippen LogP contribution is -2.46. The van der Waals surface area contributed by atoms with Crippen LogP contribution in [-0.4, -0.2) is 37.3 Å². The third kappa shape index (κ3) is 2.46. The molecule has 0 unspecified atom stereocenters. The number of methoxy groups -OCH3 is 2. The average molecular weight is 388 g/mol. The number of nitrogens with one attached hydrogen (secondary N) is 1. The molecule has 9 heteroatoms. The number of urea groups is 1. The monoisotopic (exact) mass is 388 g/mol. The summed E-state index contributed by atoms with van der Waals surface area (Å²) in [6.07, 6.45) is 1.59. The predicted octanol–water partition coefficient (Wildman–Crippen LogP) is 3.74. The Labute approximate surface area is 159 Å². The number of hydrogen-bond donors (Lipinski definition) is 1. The standard InChI is InChI=1S/C19H18F2N4O3/c1-9-5-11-16-10(7-22-18(11)23-9)8-25(19(26)24(16)2)17-14(20)12(27-3)6-13(28-4)15(17)21/h5-7H,8H2,1-4H3,(H,22,23). The maximum atomic E-state index is 14.9. The largest absolute Gasteiger partial charge is 0.493 e. The molecule has 0 bridgehead atoms. The van der Waals surface area contributed by atoms with E-state index in [9.17, 15) is 13.6 Å². The smallest absolute Gasteiger partial charge is 0.329 e. The Morgan fingerprint density at radius 2 is 1.75 bits per heavy atom. The molecule has 0 atom stereocenters. The van der Waals surface area contributed by atoms with Crippen LogP contribution in [0.3, 0.4) is 0 Å². The van der Waals surface area contributed by atoms with Crippen LogP contribution in [0, 0.1) is 18.6 Å². The molecule has 28 heavy (non-hydrogen) atoms. The molecule has 0 fully saturated rings. The van der Waals surface area contributed by atoms with E-state index in [0.717, 1.165) is 22.0 Å². The molecule has 146 valence electrons. The predicted molar refractivity (Wildman–Crippen MR) is 100 cm³/mol. The Hall–Kier alpha value is -3.36. The number of nitrogens with zero attached hydrogens (tertiary/aromatic N) is 3. The van der Waals surface area contributed by atoms with Gasteiger partial charge in [0.05, 0.1) is 26.5 Å². The zero-order chi connectivity index (χ0) is 20.2. The Morgan fingerprint density at radius 3 is 2.36 bits per heavy atom. The fraction of sp³-hybridized carbons (Fsp3) is 0.263. The molecular weight excluding hydrogens is 370 g/mol. The second-order valence-corrected chi connectivity index (χ2v) is 6.53. The molecular formula is C19H18F2N4O3. The highest BCUT2D eigenvalue weighted by Gasteiger charge is 2.36. The minimum atomic E-state index is -0.975. The maximum absolute atomic E-state index is 14.9. The van der Waals surface area contributed by atoms with Gasteiger partial charge in [0.25, 0.3) is 0 Å². The number of aryl methyl sites for hydroxylation is 1. The van der Waals surface area contributed by atoms with E-state index in [4.69, 9.17) is 9.47 Å². The van der Waals surface area contributed by atoms with Gasteiger partial charge in [-0.15, -0.1) is 0 Å². The van der Waals surface area contributed by atoms with E-state index in [1.807, 2.05) is 13.0 Å². The number of halogens is 2. The van der Waals surface area contributed by atoms with Gasteiger partial charge in [0, 0.05) is 36.0 Å². The van der Waals surface area contributed by atoms with Crippen molar-refractivity contribution < 1.29 is 23.0 Å². The first kappa shape index (κ1) is 18.0. The fourth-order valence-corrected chi connectivity index (χ4v) is 3.54. The van der Waals surface area contributed by atoms with E-state index in [1.54, 1.807) is 13.2 Å². The first-order valence-electron chi connectivity index (χ1n) is 8.49. The van der Waals surface area contributed by atoms with Gasteiger partial charge in [0.1, 0.15) is 11.3 Å². The summed E-state index contributed by atoms with van der Waals surface area (Å²) < 4.78 is 39.8. The van der Waals surface area contributed by atoms with Crippen molar-refractivity contribution in [2.24, 2.45) is 0 Å². The van der Waals surface area contributed by atoms with E-state index >= 15 is 0 Å². The summed E-state index contributed by atoms with van der Waals surface area (Å²) in [7, 11) is 4.07. The van der Waals surface area contributed by atoms with Crippen LogP contribution in [0.25, 0.3) is 11.0 Å². The third-order valence-electron chi connectivity index (χ3n) is 4.84. The number of benzene rings is 1. The molecule has 2 aromatic heterocycles. The van der Waals surface area contributed by atoms with Gasteiger partial charge >= 0.3 is 6.03 Å². The van der Waals surface area contributed by atoms with Crippen LogP contribution in [0.5, 0.6) is 11.5 Å². The highest BCUT2D eigenvalue weighted by molar-refractivity contribution is 6.11. The van der Waals surface area contributed by atoms with E-state index in [2.05, 4.69) is 9.97 Å². The minimum Gasteiger partial charge on any atom is -0.493 e. The van der Waals surface area contributed by atoms with Crippen molar-refractivity contribution in [1.29, 1.82) is 0 Å². The van der Waals surface area contributed by atoms with E-state index in [1.165, 1.54) is 19.1 Å². The molecule has 1 aliphatic heterocycles. The van der Waals surface area contributed by atoms with Crippen molar-refractivity contribution in [2.75, 3.05) is 31.1 Å². The molecule has 0 radical (unpaired) electrons. The van der Waals surface area contributed by atoms with Gasteiger partial charge in [-0.2, -0.15) is 0 Å². The molecule has 0 aliphatic carbocycles. The van der Waals surface area contributed by atoms with Crippen LogP contribution in [0.4, 0.5) is 25.0 Å². The van der Waals surface area contributed by atoms with Crippen LogP contribution in [-0.2, 0) is 6.54 Å². The van der Waals surface area contributed by atoms with Gasteiger partial charge in [-0.1, -0.05) is 0 Å². The molecule has 3 heterocycles.